The van der Waals surface area contributed by atoms with Gasteiger partial charge in [0.2, 0.25) is 6.41 Å². The van der Waals surface area contributed by atoms with Crippen molar-refractivity contribution >= 4 is 17.3 Å². The van der Waals surface area contributed by atoms with Crippen LogP contribution >= 0.6 is 0 Å². The number of fused-ring (bicyclic) bond motifs is 1. The maximum atomic E-state index is 14.1. The van der Waals surface area contributed by atoms with Gasteiger partial charge in [0, 0.05) is 11.5 Å². The largest absolute Gasteiger partial charge is 0.394 e. The lowest BCUT2D eigenvalue weighted by Crippen LogP contribution is -2.34. The number of H-pyrrole nitrogens is 1. The van der Waals surface area contributed by atoms with Crippen molar-refractivity contribution in [2.45, 2.75) is 31.2 Å². The number of nitrogens with one attached hydrogen (secondary N) is 2. The van der Waals surface area contributed by atoms with Gasteiger partial charge < -0.3 is 20.5 Å². The molecule has 0 bridgehead atoms. The van der Waals surface area contributed by atoms with Gasteiger partial charge in [-0.1, -0.05) is 6.42 Å². The van der Waals surface area contributed by atoms with E-state index in [-0.39, 0.29) is 19.0 Å². The van der Waals surface area contributed by atoms with Crippen LogP contribution in [0.15, 0.2) is 36.4 Å². The fourth-order valence-corrected chi connectivity index (χ4v) is 3.46. The van der Waals surface area contributed by atoms with E-state index in [2.05, 4.69) is 10.3 Å². The normalized spacial score (nSPS) is 13.7. The van der Waals surface area contributed by atoms with Gasteiger partial charge in [-0.15, -0.1) is 0 Å². The van der Waals surface area contributed by atoms with Gasteiger partial charge >= 0.3 is 0 Å². The van der Waals surface area contributed by atoms with Crippen LogP contribution in [0.4, 0.5) is 13.2 Å². The third-order valence-electron chi connectivity index (χ3n) is 5.26. The number of aromatic nitrogens is 1. The Labute approximate surface area is 171 Å². The van der Waals surface area contributed by atoms with Gasteiger partial charge in [-0.3, -0.25) is 4.79 Å². The minimum absolute atomic E-state index is 0.227. The number of aliphatic hydroxyl groups is 2. The fraction of sp³-hybridized carbons (Fsp3) is 0.318. The van der Waals surface area contributed by atoms with Crippen LogP contribution in [-0.2, 0) is 4.79 Å². The summed E-state index contributed by atoms with van der Waals surface area (Å²) in [6.07, 6.45) is 3.59. The van der Waals surface area contributed by atoms with Crippen LogP contribution in [-0.4, -0.2) is 40.9 Å². The molecule has 4 N–H and O–H groups in total. The molecule has 5 nitrogen and oxygen atoms in total. The highest BCUT2D eigenvalue weighted by Gasteiger charge is 2.27. The quantitative estimate of drug-likeness (QED) is 0.460. The van der Waals surface area contributed by atoms with E-state index in [0.717, 1.165) is 42.1 Å². The number of carbonyl (C=O) groups excluding carboxylic acids is 1. The minimum Gasteiger partial charge on any atom is -0.394 e. The number of benzene rings is 2. The SMILES string of the molecule is Fc1ccc(-c2[nH]c3c(F)cc(F)cc3c2C2CCC2)cc1.O=CNC(CO)CO. The van der Waals surface area contributed by atoms with Gasteiger partial charge in [0.15, 0.2) is 0 Å². The molecule has 1 heterocycles. The third kappa shape index (κ3) is 4.66. The molecule has 1 aliphatic carbocycles. The zero-order valence-corrected chi connectivity index (χ0v) is 16.2. The fourth-order valence-electron chi connectivity index (χ4n) is 3.46. The zero-order chi connectivity index (χ0) is 21.7. The number of rotatable bonds is 6. The summed E-state index contributed by atoms with van der Waals surface area (Å²) in [6.45, 7) is -0.454. The standard InChI is InChI=1S/C18H14F3N.C4H9NO3/c19-12-6-4-11(5-7-12)17-16(10-2-1-3-10)14-8-13(20)9-15(21)18(14)22-17;6-1-4(2-7)5-3-8/h4-10,22H,1-3H2;3-4,6-7H,1-2H2,(H,5,8). The lowest BCUT2D eigenvalue weighted by Gasteiger charge is -2.26. The maximum absolute atomic E-state index is 14.1. The van der Waals surface area contributed by atoms with Crippen molar-refractivity contribution in [1.29, 1.82) is 0 Å². The number of amides is 1. The van der Waals surface area contributed by atoms with Crippen LogP contribution in [0.5, 0.6) is 0 Å². The highest BCUT2D eigenvalue weighted by atomic mass is 19.1. The Hall–Kier alpha value is -2.84. The molecule has 2 aromatic carbocycles. The van der Waals surface area contributed by atoms with Crippen molar-refractivity contribution in [3.63, 3.8) is 0 Å². The summed E-state index contributed by atoms with van der Waals surface area (Å²) in [4.78, 5) is 12.7. The molecule has 4 rings (SSSR count). The van der Waals surface area contributed by atoms with Gasteiger partial charge in [-0.25, -0.2) is 13.2 Å². The Morgan fingerprint density at radius 3 is 2.23 bits per heavy atom. The summed E-state index contributed by atoms with van der Waals surface area (Å²) in [7, 11) is 0. The Morgan fingerprint density at radius 1 is 1.07 bits per heavy atom. The van der Waals surface area contributed by atoms with Crippen molar-refractivity contribution in [3.05, 3.63) is 59.4 Å². The summed E-state index contributed by atoms with van der Waals surface area (Å²) >= 11 is 0. The van der Waals surface area contributed by atoms with E-state index in [1.54, 1.807) is 12.1 Å². The first-order chi connectivity index (χ1) is 14.5. The summed E-state index contributed by atoms with van der Waals surface area (Å²) in [5, 5.41) is 19.4. The highest BCUT2D eigenvalue weighted by Crippen LogP contribution is 2.45. The van der Waals surface area contributed by atoms with E-state index in [1.165, 1.54) is 18.2 Å². The molecule has 160 valence electrons. The molecule has 3 aromatic rings. The van der Waals surface area contributed by atoms with E-state index in [1.807, 2.05) is 0 Å². The first-order valence-corrected chi connectivity index (χ1v) is 9.66. The smallest absolute Gasteiger partial charge is 0.207 e. The maximum Gasteiger partial charge on any atom is 0.207 e. The van der Waals surface area contributed by atoms with Gasteiger partial charge in [0.1, 0.15) is 17.5 Å². The van der Waals surface area contributed by atoms with Crippen LogP contribution in [0.1, 0.15) is 30.7 Å². The Bertz CT molecular complexity index is 997. The summed E-state index contributed by atoms with van der Waals surface area (Å²) in [6, 6.07) is 7.85. The van der Waals surface area contributed by atoms with E-state index in [0.29, 0.717) is 23.2 Å². The molecule has 0 spiro atoms. The van der Waals surface area contributed by atoms with E-state index in [4.69, 9.17) is 10.2 Å². The molecule has 1 amide bonds. The van der Waals surface area contributed by atoms with Crippen molar-refractivity contribution in [2.24, 2.45) is 0 Å². The number of aromatic amines is 1. The molecule has 30 heavy (non-hydrogen) atoms. The van der Waals surface area contributed by atoms with Crippen LogP contribution in [0.3, 0.4) is 0 Å². The molecule has 1 aliphatic rings. The lowest BCUT2D eigenvalue weighted by atomic mass is 9.78. The van der Waals surface area contributed by atoms with Gasteiger partial charge in [0.05, 0.1) is 30.5 Å². The summed E-state index contributed by atoms with van der Waals surface area (Å²) in [5.74, 6) is -1.18. The number of aliphatic hydroxyl groups excluding tert-OH is 2. The van der Waals surface area contributed by atoms with E-state index in [9.17, 15) is 18.0 Å². The molecule has 0 radical (unpaired) electrons. The molecule has 0 aliphatic heterocycles. The van der Waals surface area contributed by atoms with E-state index >= 15 is 0 Å². The number of hydrogen-bond acceptors (Lipinski definition) is 3. The Kier molecular flexibility index (Phi) is 7.12. The predicted molar refractivity (Wildman–Crippen MR) is 107 cm³/mol. The first-order valence-electron chi connectivity index (χ1n) is 9.66. The minimum atomic E-state index is -0.594. The molecule has 1 fully saturated rings. The van der Waals surface area contributed by atoms with Crippen LogP contribution < -0.4 is 5.32 Å². The highest BCUT2D eigenvalue weighted by molar-refractivity contribution is 5.92. The second-order valence-electron chi connectivity index (χ2n) is 7.21. The van der Waals surface area contributed by atoms with Gasteiger partial charge in [-0.05, 0) is 60.2 Å². The monoisotopic (exact) mass is 420 g/mol. The molecule has 8 heteroatoms. The number of hydrogen-bond donors (Lipinski definition) is 4. The molecular formula is C22H23F3N2O3. The molecule has 1 saturated carbocycles. The zero-order valence-electron chi connectivity index (χ0n) is 16.2. The number of carbonyl (C=O) groups is 1. The van der Waals surface area contributed by atoms with E-state index < -0.39 is 17.7 Å². The number of halogens is 3. The Morgan fingerprint density at radius 2 is 1.73 bits per heavy atom. The van der Waals surface area contributed by atoms with Crippen molar-refractivity contribution < 1.29 is 28.2 Å². The van der Waals surface area contributed by atoms with Gasteiger partial charge in [0.25, 0.3) is 0 Å². The Balaban J connectivity index is 0.000000275. The molecule has 1 aromatic heterocycles. The van der Waals surface area contributed by atoms with Crippen molar-refractivity contribution in [2.75, 3.05) is 13.2 Å². The average Bonchev–Trinajstić information content (AvgIpc) is 3.05. The second kappa shape index (κ2) is 9.77. The summed E-state index contributed by atoms with van der Waals surface area (Å²) in [5.41, 5.74) is 2.83. The molecular weight excluding hydrogens is 397 g/mol. The lowest BCUT2D eigenvalue weighted by molar-refractivity contribution is -0.110. The molecule has 0 atom stereocenters. The van der Waals surface area contributed by atoms with Gasteiger partial charge in [-0.2, -0.15) is 0 Å². The van der Waals surface area contributed by atoms with Crippen molar-refractivity contribution in [1.82, 2.24) is 10.3 Å². The topological polar surface area (TPSA) is 85.4 Å². The molecule has 0 saturated heterocycles. The van der Waals surface area contributed by atoms with Crippen molar-refractivity contribution in [3.8, 4) is 11.3 Å². The third-order valence-corrected chi connectivity index (χ3v) is 5.26. The van der Waals surface area contributed by atoms with Crippen LogP contribution in [0.2, 0.25) is 0 Å². The molecule has 0 unspecified atom stereocenters. The van der Waals surface area contributed by atoms with Crippen LogP contribution in [0.25, 0.3) is 22.2 Å². The summed E-state index contributed by atoms with van der Waals surface area (Å²) < 4.78 is 40.8. The predicted octanol–water partition coefficient (Wildman–Crippen LogP) is 3.61. The first kappa shape index (κ1) is 21.9. The second-order valence-corrected chi connectivity index (χ2v) is 7.21. The van der Waals surface area contributed by atoms with Crippen LogP contribution in [0, 0.1) is 17.5 Å². The average molecular weight is 420 g/mol.